The number of hydrogen-bond acceptors (Lipinski definition) is 6. The molecule has 0 aliphatic carbocycles. The number of carbonyl (C=O) groups excluding carboxylic acids is 4. The Hall–Kier alpha value is -6.68. The van der Waals surface area contributed by atoms with Crippen molar-refractivity contribution in [3.05, 3.63) is 118 Å². The van der Waals surface area contributed by atoms with Crippen LogP contribution in [0.4, 0.5) is 40.7 Å². The summed E-state index contributed by atoms with van der Waals surface area (Å²) in [6.45, 7) is 8.81. The number of urea groups is 1. The van der Waals surface area contributed by atoms with Gasteiger partial charge in [-0.3, -0.25) is 14.4 Å². The lowest BCUT2D eigenvalue weighted by Gasteiger charge is -2.14. The van der Waals surface area contributed by atoms with Crippen LogP contribution >= 0.6 is 0 Å². The first-order valence-electron chi connectivity index (χ1n) is 18.3. The van der Waals surface area contributed by atoms with Crippen LogP contribution in [0.1, 0.15) is 67.3 Å². The number of fused-ring (bicyclic) bond motifs is 1. The number of nitrogens with zero attached hydrogens (tertiary/aromatic N) is 3. The lowest BCUT2D eigenvalue weighted by Crippen LogP contribution is -2.33. The molecule has 2 aromatic heterocycles. The zero-order valence-corrected chi connectivity index (χ0v) is 31.4. The Balaban J connectivity index is 0.995. The van der Waals surface area contributed by atoms with Gasteiger partial charge in [0.25, 0.3) is 17.7 Å². The molecule has 1 saturated heterocycles. The molecule has 2 aliphatic heterocycles. The first-order valence-corrected chi connectivity index (χ1v) is 18.3. The SMILES string of the molecule is Cc1cn(-c2cc(C(=O)Nc3cccc(NC(=O)Nc4ccc5c(c4)NC(=O)C5=Cc4[nH]c(C)c(C(=O)NCCN5CCCC5)c4C)c3)cc(C(F)(F)F)c2)cn1. The van der Waals surface area contributed by atoms with E-state index in [0.717, 1.165) is 37.3 Å². The second-order valence-electron chi connectivity index (χ2n) is 14.0. The minimum atomic E-state index is -4.70. The van der Waals surface area contributed by atoms with Crippen LogP contribution in [0.15, 0.2) is 73.2 Å². The smallest absolute Gasteiger partial charge is 0.358 e. The molecule has 5 amide bonds. The number of imidazole rings is 1. The summed E-state index contributed by atoms with van der Waals surface area (Å²) in [6, 6.07) is 13.5. The molecule has 0 radical (unpaired) electrons. The highest BCUT2D eigenvalue weighted by Crippen LogP contribution is 2.36. The molecular weight excluding hydrogens is 740 g/mol. The zero-order chi connectivity index (χ0) is 40.4. The van der Waals surface area contributed by atoms with Gasteiger partial charge in [0.1, 0.15) is 0 Å². The van der Waals surface area contributed by atoms with E-state index < -0.39 is 23.7 Å². The van der Waals surface area contributed by atoms with Crippen molar-refractivity contribution in [3.63, 3.8) is 0 Å². The predicted molar refractivity (Wildman–Crippen MR) is 212 cm³/mol. The summed E-state index contributed by atoms with van der Waals surface area (Å²) in [5, 5.41) is 13.8. The monoisotopic (exact) mass is 779 g/mol. The molecule has 0 bridgehead atoms. The number of H-pyrrole nitrogens is 1. The van der Waals surface area contributed by atoms with Gasteiger partial charge in [0.15, 0.2) is 0 Å². The van der Waals surface area contributed by atoms with Gasteiger partial charge >= 0.3 is 12.2 Å². The van der Waals surface area contributed by atoms with Crippen LogP contribution in [0, 0.1) is 20.8 Å². The molecule has 3 aromatic carbocycles. The molecule has 0 spiro atoms. The molecule has 6 N–H and O–H groups in total. The van der Waals surface area contributed by atoms with Gasteiger partial charge in [-0.05, 0) is 107 Å². The summed E-state index contributed by atoms with van der Waals surface area (Å²) in [7, 11) is 0. The Morgan fingerprint density at radius 3 is 2.32 bits per heavy atom. The molecule has 0 unspecified atom stereocenters. The van der Waals surface area contributed by atoms with E-state index >= 15 is 0 Å². The minimum absolute atomic E-state index is 0.116. The molecule has 0 atom stereocenters. The maximum atomic E-state index is 13.7. The number of alkyl halides is 3. The Kier molecular flexibility index (Phi) is 10.7. The van der Waals surface area contributed by atoms with Gasteiger partial charge in [0.05, 0.1) is 34.4 Å². The largest absolute Gasteiger partial charge is 0.416 e. The van der Waals surface area contributed by atoms with E-state index in [9.17, 15) is 32.3 Å². The maximum absolute atomic E-state index is 13.7. The maximum Gasteiger partial charge on any atom is 0.416 e. The average molecular weight is 780 g/mol. The van der Waals surface area contributed by atoms with E-state index in [1.807, 2.05) is 13.8 Å². The number of rotatable bonds is 10. The average Bonchev–Trinajstić information content (AvgIpc) is 3.95. The number of nitrogens with one attached hydrogen (secondary N) is 6. The second-order valence-corrected chi connectivity index (χ2v) is 14.0. The van der Waals surface area contributed by atoms with Crippen molar-refractivity contribution in [3.8, 4) is 5.69 Å². The summed E-state index contributed by atoms with van der Waals surface area (Å²) in [4.78, 5) is 62.0. The van der Waals surface area contributed by atoms with Crippen LogP contribution in [-0.4, -0.2) is 69.4 Å². The second kappa shape index (κ2) is 15.8. The van der Waals surface area contributed by atoms with Crippen molar-refractivity contribution in [1.82, 2.24) is 24.8 Å². The summed E-state index contributed by atoms with van der Waals surface area (Å²) in [5.41, 5.74) is 4.49. The summed E-state index contributed by atoms with van der Waals surface area (Å²) >= 11 is 0. The third-order valence-corrected chi connectivity index (χ3v) is 9.86. The molecule has 4 heterocycles. The Morgan fingerprint density at radius 2 is 1.61 bits per heavy atom. The summed E-state index contributed by atoms with van der Waals surface area (Å²) in [5.74, 6) is -1.30. The molecule has 5 aromatic rings. The van der Waals surface area contributed by atoms with Crippen molar-refractivity contribution < 1.29 is 32.3 Å². The number of carbonyl (C=O) groups is 4. The fourth-order valence-corrected chi connectivity index (χ4v) is 7.03. The lowest BCUT2D eigenvalue weighted by atomic mass is 10.0. The van der Waals surface area contributed by atoms with Gasteiger partial charge in [-0.15, -0.1) is 0 Å². The first-order chi connectivity index (χ1) is 27.2. The van der Waals surface area contributed by atoms with Crippen molar-refractivity contribution >= 4 is 58.2 Å². The highest BCUT2D eigenvalue weighted by molar-refractivity contribution is 6.35. The molecule has 1 fully saturated rings. The van der Waals surface area contributed by atoms with E-state index in [2.05, 4.69) is 41.5 Å². The zero-order valence-electron chi connectivity index (χ0n) is 31.4. The van der Waals surface area contributed by atoms with E-state index in [1.54, 1.807) is 49.5 Å². The van der Waals surface area contributed by atoms with Crippen LogP contribution in [0.25, 0.3) is 17.3 Å². The van der Waals surface area contributed by atoms with Crippen molar-refractivity contribution in [1.29, 1.82) is 0 Å². The van der Waals surface area contributed by atoms with Crippen LogP contribution in [-0.2, 0) is 11.0 Å². The predicted octanol–water partition coefficient (Wildman–Crippen LogP) is 7.36. The van der Waals surface area contributed by atoms with Gasteiger partial charge in [-0.1, -0.05) is 12.1 Å². The number of aromatic nitrogens is 3. The molecule has 294 valence electrons. The number of aryl methyl sites for hydroxylation is 2. The van der Waals surface area contributed by atoms with E-state index in [4.69, 9.17) is 0 Å². The molecule has 7 rings (SSSR count). The number of amides is 5. The van der Waals surface area contributed by atoms with Crippen LogP contribution in [0.2, 0.25) is 0 Å². The summed E-state index contributed by atoms with van der Waals surface area (Å²) in [6.07, 6.45) is 2.29. The Morgan fingerprint density at radius 1 is 0.895 bits per heavy atom. The Labute approximate surface area is 325 Å². The summed E-state index contributed by atoms with van der Waals surface area (Å²) < 4.78 is 42.6. The number of likely N-dealkylation sites (tertiary alicyclic amines) is 1. The van der Waals surface area contributed by atoms with Crippen molar-refractivity contribution in [2.24, 2.45) is 0 Å². The van der Waals surface area contributed by atoms with E-state index in [1.165, 1.54) is 41.9 Å². The van der Waals surface area contributed by atoms with Gasteiger partial charge in [0.2, 0.25) is 0 Å². The Bertz CT molecular complexity index is 2430. The van der Waals surface area contributed by atoms with E-state index in [0.29, 0.717) is 57.4 Å². The number of anilines is 4. The van der Waals surface area contributed by atoms with Crippen molar-refractivity contribution in [2.45, 2.75) is 39.8 Å². The molecule has 16 heteroatoms. The molecule has 2 aliphatic rings. The van der Waals surface area contributed by atoms with E-state index in [-0.39, 0.29) is 28.8 Å². The number of hydrogen-bond donors (Lipinski definition) is 6. The first kappa shape index (κ1) is 38.6. The van der Waals surface area contributed by atoms with Gasteiger partial charge in [0, 0.05) is 64.6 Å². The third-order valence-electron chi connectivity index (χ3n) is 9.86. The molecule has 13 nitrogen and oxygen atoms in total. The van der Waals surface area contributed by atoms with Gasteiger partial charge in [-0.2, -0.15) is 13.2 Å². The van der Waals surface area contributed by atoms with Gasteiger partial charge in [-0.25, -0.2) is 9.78 Å². The lowest BCUT2D eigenvalue weighted by molar-refractivity contribution is -0.137. The molecular formula is C41H40F3N9O4. The third kappa shape index (κ3) is 8.75. The quantitative estimate of drug-likeness (QED) is 0.0811. The molecule has 0 saturated carbocycles. The number of benzene rings is 3. The minimum Gasteiger partial charge on any atom is -0.358 e. The van der Waals surface area contributed by atoms with Crippen molar-refractivity contribution in [2.75, 3.05) is 47.4 Å². The van der Waals surface area contributed by atoms with Crippen LogP contribution < -0.4 is 26.6 Å². The normalized spacial score (nSPS) is 14.7. The number of halogens is 3. The highest BCUT2D eigenvalue weighted by atomic mass is 19.4. The fourth-order valence-electron chi connectivity index (χ4n) is 7.03. The van der Waals surface area contributed by atoms with Gasteiger partial charge < -0.3 is 41.0 Å². The number of aromatic amines is 1. The standard InChI is InChI=1S/C41H40F3N9O4/c1-23-21-53(22-46-23)31-16-26(15-27(17-31)41(42,43)44)37(54)48-28-7-6-8-29(18-28)49-40(57)50-30-9-10-32-33(38(55)51-35(32)19-30)20-34-24(2)36(25(3)47-34)39(56)45-11-14-52-12-4-5-13-52/h6-10,15-22,47H,4-5,11-14H2,1-3H3,(H,45,56)(H,48,54)(H,51,55)(H2,49,50,57). The highest BCUT2D eigenvalue weighted by Gasteiger charge is 2.32. The topological polar surface area (TPSA) is 165 Å². The van der Waals surface area contributed by atoms with Crippen LogP contribution in [0.3, 0.4) is 0 Å². The molecule has 57 heavy (non-hydrogen) atoms. The van der Waals surface area contributed by atoms with Crippen LogP contribution in [0.5, 0.6) is 0 Å². The fraction of sp³-hybridized carbons (Fsp3) is 0.244.